The minimum Gasteiger partial charge on any atom is -0.497 e. The minimum absolute atomic E-state index is 0.0719. The van der Waals surface area contributed by atoms with Crippen LogP contribution in [0, 0.1) is 28.6 Å². The zero-order valence-corrected chi connectivity index (χ0v) is 16.5. The molecular weight excluding hydrogens is 336 g/mol. The molecule has 2 bridgehead atoms. The summed E-state index contributed by atoms with van der Waals surface area (Å²) >= 11 is 0. The molecule has 0 spiro atoms. The molecule has 0 unspecified atom stereocenters. The number of ether oxygens (including phenoxy) is 1. The van der Waals surface area contributed by atoms with Crippen molar-refractivity contribution in [2.75, 3.05) is 7.11 Å². The van der Waals surface area contributed by atoms with Gasteiger partial charge in [0.15, 0.2) is 0 Å². The van der Waals surface area contributed by atoms with Gasteiger partial charge >= 0.3 is 0 Å². The minimum atomic E-state index is -0.364. The van der Waals surface area contributed by atoms with Crippen molar-refractivity contribution in [2.24, 2.45) is 28.6 Å². The first-order valence-corrected chi connectivity index (χ1v) is 10.3. The van der Waals surface area contributed by atoms with Crippen LogP contribution in [0.4, 0.5) is 0 Å². The molecule has 0 heterocycles. The molecule has 6 atom stereocenters. The van der Waals surface area contributed by atoms with Crippen LogP contribution in [-0.2, 0) is 15.0 Å². The van der Waals surface area contributed by atoms with Crippen molar-refractivity contribution in [3.8, 4) is 5.75 Å². The summed E-state index contributed by atoms with van der Waals surface area (Å²) in [5.41, 5.74) is 0.584. The summed E-state index contributed by atoms with van der Waals surface area (Å²) in [5, 5.41) is 0. The summed E-state index contributed by atoms with van der Waals surface area (Å²) in [4.78, 5) is 26.8. The average molecular weight is 364 g/mol. The molecule has 1 aromatic rings. The molecule has 142 valence electrons. The Morgan fingerprint density at radius 1 is 1.00 bits per heavy atom. The predicted octanol–water partition coefficient (Wildman–Crippen LogP) is 4.49. The molecule has 1 aromatic carbocycles. The third-order valence-electron chi connectivity index (χ3n) is 8.69. The molecule has 27 heavy (non-hydrogen) atoms. The Hall–Kier alpha value is -1.90. The molecule has 0 N–H and O–H groups in total. The molecule has 4 aliphatic carbocycles. The number of benzene rings is 1. The van der Waals surface area contributed by atoms with Gasteiger partial charge in [0.05, 0.1) is 7.11 Å². The second-order valence-electron chi connectivity index (χ2n) is 9.44. The number of allylic oxidation sites excluding steroid dienone is 2. The quantitative estimate of drug-likeness (QED) is 0.726. The van der Waals surface area contributed by atoms with Crippen molar-refractivity contribution in [2.45, 2.75) is 51.4 Å². The first kappa shape index (κ1) is 17.2. The summed E-state index contributed by atoms with van der Waals surface area (Å²) in [6, 6.07) is 8.24. The van der Waals surface area contributed by atoms with Crippen molar-refractivity contribution >= 4 is 11.6 Å². The smallest absolute Gasteiger partial charge is 0.140 e. The Kier molecular flexibility index (Phi) is 3.40. The topological polar surface area (TPSA) is 43.4 Å². The van der Waals surface area contributed by atoms with Gasteiger partial charge in [-0.05, 0) is 36.0 Å². The van der Waals surface area contributed by atoms with E-state index in [9.17, 15) is 9.59 Å². The lowest BCUT2D eigenvalue weighted by molar-refractivity contribution is -0.144. The van der Waals surface area contributed by atoms with Crippen molar-refractivity contribution < 1.29 is 14.3 Å². The number of rotatable bonds is 2. The van der Waals surface area contributed by atoms with E-state index in [-0.39, 0.29) is 34.0 Å². The molecule has 3 nitrogen and oxygen atoms in total. The Morgan fingerprint density at radius 3 is 2.41 bits per heavy atom. The average Bonchev–Trinajstić information content (AvgIpc) is 3.06. The Morgan fingerprint density at radius 2 is 1.70 bits per heavy atom. The van der Waals surface area contributed by atoms with Gasteiger partial charge in [0.25, 0.3) is 0 Å². The third kappa shape index (κ3) is 1.75. The molecule has 0 amide bonds. The SMILES string of the molecule is COc1ccc([C@@]23C=C[C@]4(CCCC[C@@]42C)[C@H]2C(=O)[C@H](C)CC(=O)[C@H]23)cc1. The van der Waals surface area contributed by atoms with E-state index in [0.29, 0.717) is 18.0 Å². The van der Waals surface area contributed by atoms with Gasteiger partial charge < -0.3 is 4.74 Å². The summed E-state index contributed by atoms with van der Waals surface area (Å²) in [6.07, 6.45) is 9.51. The zero-order valence-electron chi connectivity index (χ0n) is 16.5. The molecule has 0 saturated heterocycles. The third-order valence-corrected chi connectivity index (χ3v) is 8.69. The van der Waals surface area contributed by atoms with Crippen molar-refractivity contribution in [3.63, 3.8) is 0 Å². The van der Waals surface area contributed by atoms with Crippen molar-refractivity contribution in [1.82, 2.24) is 0 Å². The molecule has 0 aromatic heterocycles. The highest BCUT2D eigenvalue weighted by atomic mass is 16.5. The second kappa shape index (κ2) is 5.33. The van der Waals surface area contributed by atoms with Gasteiger partial charge in [-0.25, -0.2) is 0 Å². The normalized spacial score (nSPS) is 44.9. The summed E-state index contributed by atoms with van der Waals surface area (Å²) in [6.45, 7) is 4.31. The standard InChI is InChI=1S/C24H28O3/c1-15-14-18(25)19-20(21(15)26)23-11-5-4-10-22(23,2)24(19,13-12-23)16-6-8-17(27-3)9-7-16/h6-9,12-13,15,19-20H,4-5,10-11,14H2,1-3H3/t15-,19-,20-,22+,23-,24-/m1/s1. The summed E-state index contributed by atoms with van der Waals surface area (Å²) in [5.74, 6) is 0.954. The van der Waals surface area contributed by atoms with Gasteiger partial charge in [0.1, 0.15) is 17.3 Å². The number of carbonyl (C=O) groups is 2. The predicted molar refractivity (Wildman–Crippen MR) is 104 cm³/mol. The molecule has 3 fully saturated rings. The van der Waals surface area contributed by atoms with Gasteiger partial charge in [-0.15, -0.1) is 0 Å². The van der Waals surface area contributed by atoms with Gasteiger partial charge in [-0.1, -0.05) is 51.0 Å². The van der Waals surface area contributed by atoms with Gasteiger partial charge in [-0.3, -0.25) is 9.59 Å². The monoisotopic (exact) mass is 364 g/mol. The number of carbonyl (C=O) groups excluding carboxylic acids is 2. The first-order chi connectivity index (χ1) is 12.9. The van der Waals surface area contributed by atoms with E-state index in [4.69, 9.17) is 4.74 Å². The number of hydrogen-bond donors (Lipinski definition) is 0. The maximum Gasteiger partial charge on any atom is 0.140 e. The van der Waals surface area contributed by atoms with E-state index < -0.39 is 0 Å². The van der Waals surface area contributed by atoms with Crippen LogP contribution in [0.1, 0.15) is 51.5 Å². The lowest BCUT2D eigenvalue weighted by Gasteiger charge is -2.50. The molecule has 5 rings (SSSR count). The van der Waals surface area contributed by atoms with E-state index in [1.54, 1.807) is 7.11 Å². The zero-order chi connectivity index (χ0) is 19.0. The number of fused-ring (bicyclic) bond motifs is 2. The fourth-order valence-corrected chi connectivity index (χ4v) is 7.49. The molecule has 0 aliphatic heterocycles. The van der Waals surface area contributed by atoms with E-state index in [1.165, 1.54) is 12.0 Å². The molecular formula is C24H28O3. The Balaban J connectivity index is 1.77. The second-order valence-corrected chi connectivity index (χ2v) is 9.44. The van der Waals surface area contributed by atoms with Crippen molar-refractivity contribution in [1.29, 1.82) is 0 Å². The van der Waals surface area contributed by atoms with Crippen LogP contribution in [0.3, 0.4) is 0 Å². The number of methoxy groups -OCH3 is 1. The van der Waals surface area contributed by atoms with Crippen LogP contribution in [0.25, 0.3) is 0 Å². The fourth-order valence-electron chi connectivity index (χ4n) is 7.49. The highest BCUT2D eigenvalue weighted by Crippen LogP contribution is 2.79. The van der Waals surface area contributed by atoms with E-state index in [2.05, 4.69) is 31.2 Å². The molecule has 3 heteroatoms. The van der Waals surface area contributed by atoms with E-state index in [0.717, 1.165) is 25.0 Å². The van der Waals surface area contributed by atoms with Crippen LogP contribution < -0.4 is 4.74 Å². The lowest BCUT2D eigenvalue weighted by Crippen LogP contribution is -2.49. The van der Waals surface area contributed by atoms with Gasteiger partial charge in [0.2, 0.25) is 0 Å². The summed E-state index contributed by atoms with van der Waals surface area (Å²) in [7, 11) is 1.67. The van der Waals surface area contributed by atoms with Crippen LogP contribution in [0.15, 0.2) is 36.4 Å². The largest absolute Gasteiger partial charge is 0.497 e. The molecule has 3 saturated carbocycles. The molecule has 4 aliphatic rings. The lowest BCUT2D eigenvalue weighted by atomic mass is 9.52. The van der Waals surface area contributed by atoms with Crippen LogP contribution in [-0.4, -0.2) is 18.7 Å². The summed E-state index contributed by atoms with van der Waals surface area (Å²) < 4.78 is 5.36. The van der Waals surface area contributed by atoms with Gasteiger partial charge in [-0.2, -0.15) is 0 Å². The highest BCUT2D eigenvalue weighted by Gasteiger charge is 2.78. The number of ketones is 2. The van der Waals surface area contributed by atoms with Crippen molar-refractivity contribution in [3.05, 3.63) is 42.0 Å². The van der Waals surface area contributed by atoms with Crippen LogP contribution in [0.2, 0.25) is 0 Å². The number of hydrogen-bond acceptors (Lipinski definition) is 3. The maximum atomic E-state index is 13.4. The van der Waals surface area contributed by atoms with Crippen LogP contribution >= 0.6 is 0 Å². The van der Waals surface area contributed by atoms with E-state index >= 15 is 0 Å². The maximum absolute atomic E-state index is 13.4. The van der Waals surface area contributed by atoms with E-state index in [1.807, 2.05) is 19.1 Å². The fraction of sp³-hybridized carbons (Fsp3) is 0.583. The number of Topliss-reactive ketones (excluding diaryl/α,β-unsaturated/α-hetero) is 2. The highest BCUT2D eigenvalue weighted by molar-refractivity contribution is 6.01. The van der Waals surface area contributed by atoms with Crippen LogP contribution in [0.5, 0.6) is 5.75 Å². The Bertz CT molecular complexity index is 853. The molecule has 0 radical (unpaired) electrons. The van der Waals surface area contributed by atoms with Gasteiger partial charge in [0, 0.05) is 35.0 Å². The first-order valence-electron chi connectivity index (χ1n) is 10.3. The Labute approximate surface area is 161 Å².